The molecule has 4 rings (SSSR count). The molecule has 2 fully saturated rings. The number of anilines is 2. The van der Waals surface area contributed by atoms with Gasteiger partial charge in [0.15, 0.2) is 0 Å². The van der Waals surface area contributed by atoms with Crippen LogP contribution in [0, 0.1) is 6.92 Å². The van der Waals surface area contributed by atoms with E-state index >= 15 is 0 Å². The van der Waals surface area contributed by atoms with Crippen LogP contribution in [0.4, 0.5) is 11.6 Å². The number of benzene rings is 1. The fourth-order valence-electron chi connectivity index (χ4n) is 3.77. The quantitative estimate of drug-likeness (QED) is 0.800. The molecule has 0 N–H and O–H groups in total. The molecule has 0 saturated carbocycles. The van der Waals surface area contributed by atoms with Crippen LogP contribution in [0.15, 0.2) is 36.7 Å². The summed E-state index contributed by atoms with van der Waals surface area (Å²) in [7, 11) is 0. The van der Waals surface area contributed by atoms with Crippen LogP contribution in [-0.2, 0) is 16.0 Å². The maximum Gasteiger partial charge on any atom is 0.227 e. The minimum atomic E-state index is 0.196. The van der Waals surface area contributed by atoms with Gasteiger partial charge in [-0.05, 0) is 12.5 Å². The molecule has 0 unspecified atom stereocenters. The van der Waals surface area contributed by atoms with E-state index in [-0.39, 0.29) is 5.91 Å². The monoisotopic (exact) mass is 381 g/mol. The van der Waals surface area contributed by atoms with Crippen molar-refractivity contribution in [3.63, 3.8) is 0 Å². The number of piperazine rings is 1. The van der Waals surface area contributed by atoms with Crippen molar-refractivity contribution in [1.29, 1.82) is 0 Å². The summed E-state index contributed by atoms with van der Waals surface area (Å²) in [5.74, 6) is 2.08. The van der Waals surface area contributed by atoms with Crippen LogP contribution < -0.4 is 9.80 Å². The van der Waals surface area contributed by atoms with E-state index in [4.69, 9.17) is 4.74 Å². The first-order valence-corrected chi connectivity index (χ1v) is 9.92. The Morgan fingerprint density at radius 3 is 2.32 bits per heavy atom. The van der Waals surface area contributed by atoms with Crippen LogP contribution in [0.3, 0.4) is 0 Å². The number of hydrogen-bond acceptors (Lipinski definition) is 6. The largest absolute Gasteiger partial charge is 0.378 e. The number of morpholine rings is 1. The topological polar surface area (TPSA) is 61.8 Å². The van der Waals surface area contributed by atoms with Crippen molar-refractivity contribution in [2.75, 3.05) is 62.3 Å². The smallest absolute Gasteiger partial charge is 0.227 e. The summed E-state index contributed by atoms with van der Waals surface area (Å²) >= 11 is 0. The van der Waals surface area contributed by atoms with Crippen molar-refractivity contribution >= 4 is 17.5 Å². The van der Waals surface area contributed by atoms with E-state index in [1.165, 1.54) is 5.56 Å². The molecular weight excluding hydrogens is 354 g/mol. The van der Waals surface area contributed by atoms with Gasteiger partial charge in [0, 0.05) is 45.3 Å². The van der Waals surface area contributed by atoms with E-state index in [1.807, 2.05) is 17.0 Å². The second-order valence-electron chi connectivity index (χ2n) is 7.37. The van der Waals surface area contributed by atoms with Gasteiger partial charge in [0.05, 0.1) is 19.6 Å². The molecule has 1 aromatic heterocycles. The van der Waals surface area contributed by atoms with Crippen molar-refractivity contribution in [1.82, 2.24) is 14.9 Å². The maximum absolute atomic E-state index is 12.6. The lowest BCUT2D eigenvalue weighted by molar-refractivity contribution is -0.130. The van der Waals surface area contributed by atoms with E-state index in [1.54, 1.807) is 6.33 Å². The molecule has 28 heavy (non-hydrogen) atoms. The number of rotatable bonds is 4. The van der Waals surface area contributed by atoms with Crippen LogP contribution in [0.25, 0.3) is 0 Å². The van der Waals surface area contributed by atoms with Gasteiger partial charge in [-0.3, -0.25) is 4.79 Å². The number of carbonyl (C=O) groups excluding carboxylic acids is 1. The standard InChI is InChI=1S/C21H27N5O2/c1-17-3-2-4-18(13-17)14-21(27)26-7-5-24(6-8-26)19-15-20(23-16-22-19)25-9-11-28-12-10-25/h2-4,13,15-16H,5-12,14H2,1H3. The van der Waals surface area contributed by atoms with E-state index in [0.29, 0.717) is 6.42 Å². The number of carbonyl (C=O) groups is 1. The Kier molecular flexibility index (Phi) is 5.71. The van der Waals surface area contributed by atoms with Crippen molar-refractivity contribution in [2.24, 2.45) is 0 Å². The zero-order chi connectivity index (χ0) is 19.3. The second kappa shape index (κ2) is 8.56. The molecule has 2 aliphatic heterocycles. The molecule has 148 valence electrons. The van der Waals surface area contributed by atoms with E-state index in [2.05, 4.69) is 44.9 Å². The highest BCUT2D eigenvalue weighted by molar-refractivity contribution is 5.79. The first-order valence-electron chi connectivity index (χ1n) is 9.92. The number of aryl methyl sites for hydroxylation is 1. The summed E-state index contributed by atoms with van der Waals surface area (Å²) in [4.78, 5) is 28.0. The Labute approximate surface area is 165 Å². The molecule has 2 aromatic rings. The highest BCUT2D eigenvalue weighted by Crippen LogP contribution is 2.20. The summed E-state index contributed by atoms with van der Waals surface area (Å²) in [5, 5.41) is 0. The Morgan fingerprint density at radius 1 is 0.964 bits per heavy atom. The highest BCUT2D eigenvalue weighted by atomic mass is 16.5. The molecule has 1 amide bonds. The van der Waals surface area contributed by atoms with Crippen molar-refractivity contribution in [3.8, 4) is 0 Å². The summed E-state index contributed by atoms with van der Waals surface area (Å²) in [6.07, 6.45) is 2.10. The molecule has 7 heteroatoms. The van der Waals surface area contributed by atoms with Crippen LogP contribution in [0.1, 0.15) is 11.1 Å². The molecule has 0 bridgehead atoms. The number of aromatic nitrogens is 2. The zero-order valence-electron chi connectivity index (χ0n) is 16.4. The predicted molar refractivity (Wildman–Crippen MR) is 109 cm³/mol. The Morgan fingerprint density at radius 2 is 1.64 bits per heavy atom. The fraction of sp³-hybridized carbons (Fsp3) is 0.476. The highest BCUT2D eigenvalue weighted by Gasteiger charge is 2.23. The van der Waals surface area contributed by atoms with Gasteiger partial charge in [-0.25, -0.2) is 9.97 Å². The molecule has 2 saturated heterocycles. The average molecular weight is 381 g/mol. The van der Waals surface area contributed by atoms with Crippen molar-refractivity contribution < 1.29 is 9.53 Å². The molecule has 0 radical (unpaired) electrons. The van der Waals surface area contributed by atoms with Gasteiger partial charge in [-0.1, -0.05) is 29.8 Å². The molecule has 3 heterocycles. The number of hydrogen-bond donors (Lipinski definition) is 0. The van der Waals surface area contributed by atoms with E-state index in [0.717, 1.165) is 69.7 Å². The fourth-order valence-corrected chi connectivity index (χ4v) is 3.77. The van der Waals surface area contributed by atoms with E-state index < -0.39 is 0 Å². The number of nitrogens with zero attached hydrogens (tertiary/aromatic N) is 5. The SMILES string of the molecule is Cc1cccc(CC(=O)N2CCN(c3cc(N4CCOCC4)ncn3)CC2)c1. The van der Waals surface area contributed by atoms with Gasteiger partial charge in [-0.15, -0.1) is 0 Å². The van der Waals surface area contributed by atoms with Gasteiger partial charge in [-0.2, -0.15) is 0 Å². The summed E-state index contributed by atoms with van der Waals surface area (Å²) in [5.41, 5.74) is 2.27. The lowest BCUT2D eigenvalue weighted by Crippen LogP contribution is -2.49. The predicted octanol–water partition coefficient (Wildman–Crippen LogP) is 1.51. The minimum Gasteiger partial charge on any atom is -0.378 e. The zero-order valence-corrected chi connectivity index (χ0v) is 16.4. The van der Waals surface area contributed by atoms with Crippen LogP contribution in [0.2, 0.25) is 0 Å². The Hall–Kier alpha value is -2.67. The maximum atomic E-state index is 12.6. The van der Waals surface area contributed by atoms with Crippen LogP contribution in [-0.4, -0.2) is 73.3 Å². The lowest BCUT2D eigenvalue weighted by atomic mass is 10.1. The van der Waals surface area contributed by atoms with Gasteiger partial charge < -0.3 is 19.4 Å². The molecule has 2 aliphatic rings. The summed E-state index contributed by atoms with van der Waals surface area (Å²) in [6, 6.07) is 10.2. The van der Waals surface area contributed by atoms with Gasteiger partial charge in [0.1, 0.15) is 18.0 Å². The van der Waals surface area contributed by atoms with Crippen LogP contribution in [0.5, 0.6) is 0 Å². The third-order valence-corrected chi connectivity index (χ3v) is 5.37. The molecular formula is C21H27N5O2. The van der Waals surface area contributed by atoms with Gasteiger partial charge >= 0.3 is 0 Å². The van der Waals surface area contributed by atoms with Gasteiger partial charge in [0.25, 0.3) is 0 Å². The average Bonchev–Trinajstić information content (AvgIpc) is 2.75. The normalized spacial score (nSPS) is 17.7. The van der Waals surface area contributed by atoms with Crippen molar-refractivity contribution in [2.45, 2.75) is 13.3 Å². The number of amides is 1. The first-order chi connectivity index (χ1) is 13.7. The first kappa shape index (κ1) is 18.7. The Balaban J connectivity index is 1.34. The molecule has 7 nitrogen and oxygen atoms in total. The minimum absolute atomic E-state index is 0.196. The third kappa shape index (κ3) is 4.42. The molecule has 1 aromatic carbocycles. The van der Waals surface area contributed by atoms with Crippen molar-refractivity contribution in [3.05, 3.63) is 47.8 Å². The number of ether oxygens (including phenoxy) is 1. The summed E-state index contributed by atoms with van der Waals surface area (Å²) < 4.78 is 5.42. The second-order valence-corrected chi connectivity index (χ2v) is 7.37. The van der Waals surface area contributed by atoms with Gasteiger partial charge in [0.2, 0.25) is 5.91 Å². The molecule has 0 aliphatic carbocycles. The molecule has 0 atom stereocenters. The Bertz CT molecular complexity index is 814. The third-order valence-electron chi connectivity index (χ3n) is 5.37. The summed E-state index contributed by atoms with van der Waals surface area (Å²) in [6.45, 7) is 8.28. The lowest BCUT2D eigenvalue weighted by Gasteiger charge is -2.36. The molecule has 0 spiro atoms. The van der Waals surface area contributed by atoms with Crippen LogP contribution >= 0.6 is 0 Å². The van der Waals surface area contributed by atoms with E-state index in [9.17, 15) is 4.79 Å².